The van der Waals surface area contributed by atoms with Crippen LogP contribution < -0.4 is 16.8 Å². The van der Waals surface area contributed by atoms with Gasteiger partial charge in [0.2, 0.25) is 5.91 Å². The predicted octanol–water partition coefficient (Wildman–Crippen LogP) is 6.75. The number of nitrogens with one attached hydrogen (secondary N) is 1. The number of aromatic nitrogens is 4. The van der Waals surface area contributed by atoms with Crippen LogP contribution in [-0.4, -0.2) is 30.4 Å². The van der Waals surface area contributed by atoms with Crippen LogP contribution in [0.25, 0.3) is 33.9 Å². The van der Waals surface area contributed by atoms with Crippen LogP contribution in [0.3, 0.4) is 0 Å². The first-order chi connectivity index (χ1) is 23.9. The van der Waals surface area contributed by atoms with Gasteiger partial charge in [-0.05, 0) is 30.3 Å². The van der Waals surface area contributed by atoms with E-state index in [9.17, 15) is 10.1 Å². The van der Waals surface area contributed by atoms with Gasteiger partial charge in [0.05, 0.1) is 27.7 Å². The maximum atomic E-state index is 15.1. The molecule has 1 aliphatic rings. The average Bonchev–Trinajstić information content (AvgIpc) is 3.77. The molecule has 238 valence electrons. The number of hydrogen-bond donors (Lipinski definition) is 3. The Kier molecular flexibility index (Phi) is 6.81. The Morgan fingerprint density at radius 1 is 0.633 bits per heavy atom. The van der Waals surface area contributed by atoms with E-state index in [2.05, 4.69) is 5.32 Å². The molecule has 2 aromatic heterocycles. The predicted molar refractivity (Wildman–Crippen MR) is 188 cm³/mol. The van der Waals surface area contributed by atoms with Gasteiger partial charge in [0, 0.05) is 45.6 Å². The topological polar surface area (TPSA) is 160 Å². The second kappa shape index (κ2) is 11.4. The Labute approximate surface area is 280 Å². The number of nitro benzene ring substituents is 1. The minimum absolute atomic E-state index is 0.158. The summed E-state index contributed by atoms with van der Waals surface area (Å²) in [6.07, 6.45) is 0. The number of nitrogen functional groups attached to an aromatic ring is 2. The largest absolute Gasteiger partial charge is 0.383 e. The number of fused-ring (bicyclic) bond motifs is 1. The smallest absolute Gasteiger partial charge is 0.269 e. The third-order valence-electron chi connectivity index (χ3n) is 8.90. The number of carbonyl (C=O) groups is 1. The quantitative estimate of drug-likeness (QED) is 0.128. The minimum Gasteiger partial charge on any atom is -0.383 e. The van der Waals surface area contributed by atoms with E-state index in [4.69, 9.17) is 21.7 Å². The Balaban J connectivity index is 1.58. The molecular formula is C38H28N8O3. The SMILES string of the molecule is Nc1c(C2(c3c(-c4ccccc4)nn(-c4ccccc4)c3N)C(=O)Nc3ccc([N+](=O)[O-])cc32)c(-c2ccccc2)nn1-c1ccccc1. The maximum absolute atomic E-state index is 15.1. The first-order valence-corrected chi connectivity index (χ1v) is 15.5. The van der Waals surface area contributed by atoms with E-state index in [0.717, 1.165) is 0 Å². The van der Waals surface area contributed by atoms with Crippen LogP contribution in [0.15, 0.2) is 140 Å². The maximum Gasteiger partial charge on any atom is 0.269 e. The van der Waals surface area contributed by atoms with E-state index in [-0.39, 0.29) is 17.3 Å². The highest BCUT2D eigenvalue weighted by atomic mass is 16.6. The van der Waals surface area contributed by atoms with Crippen LogP contribution in [0.4, 0.5) is 23.0 Å². The molecule has 0 bridgehead atoms. The molecule has 0 spiro atoms. The van der Waals surface area contributed by atoms with Crippen molar-refractivity contribution in [2.24, 2.45) is 0 Å². The van der Waals surface area contributed by atoms with Gasteiger partial charge in [0.1, 0.15) is 17.1 Å². The van der Waals surface area contributed by atoms with E-state index < -0.39 is 16.2 Å². The number of anilines is 3. The van der Waals surface area contributed by atoms with Crippen molar-refractivity contribution < 1.29 is 9.72 Å². The molecule has 11 nitrogen and oxygen atoms in total. The summed E-state index contributed by atoms with van der Waals surface area (Å²) in [6.45, 7) is 0. The molecule has 11 heteroatoms. The summed E-state index contributed by atoms with van der Waals surface area (Å²) in [6, 6.07) is 41.7. The number of carbonyl (C=O) groups excluding carboxylic acids is 1. The Morgan fingerprint density at radius 2 is 1.06 bits per heavy atom. The van der Waals surface area contributed by atoms with Crippen LogP contribution in [-0.2, 0) is 10.2 Å². The molecule has 0 fully saturated rings. The highest BCUT2D eigenvalue weighted by molar-refractivity contribution is 6.15. The van der Waals surface area contributed by atoms with Crippen molar-refractivity contribution in [3.63, 3.8) is 0 Å². The highest BCUT2D eigenvalue weighted by Gasteiger charge is 2.57. The lowest BCUT2D eigenvalue weighted by molar-refractivity contribution is -0.384. The number of non-ortho nitro benzene ring substituents is 1. The summed E-state index contributed by atoms with van der Waals surface area (Å²) in [4.78, 5) is 26.9. The normalized spacial score (nSPS) is 13.2. The molecule has 0 saturated heterocycles. The van der Waals surface area contributed by atoms with Crippen molar-refractivity contribution in [1.82, 2.24) is 19.6 Å². The van der Waals surface area contributed by atoms with E-state index in [1.807, 2.05) is 121 Å². The van der Waals surface area contributed by atoms with Gasteiger partial charge in [-0.1, -0.05) is 97.1 Å². The molecule has 49 heavy (non-hydrogen) atoms. The number of nitrogens with two attached hydrogens (primary N) is 2. The first kappa shape index (κ1) is 29.4. The molecule has 0 radical (unpaired) electrons. The number of benzene rings is 5. The van der Waals surface area contributed by atoms with E-state index in [0.29, 0.717) is 56.3 Å². The Bertz CT molecular complexity index is 2240. The fourth-order valence-electron chi connectivity index (χ4n) is 6.75. The molecule has 5 aromatic carbocycles. The summed E-state index contributed by atoms with van der Waals surface area (Å²) in [5.74, 6) is -0.188. The van der Waals surface area contributed by atoms with E-state index in [1.165, 1.54) is 18.2 Å². The molecule has 1 amide bonds. The lowest BCUT2D eigenvalue weighted by atomic mass is 9.68. The molecule has 0 unspecified atom stereocenters. The van der Waals surface area contributed by atoms with Crippen molar-refractivity contribution in [1.29, 1.82) is 0 Å². The Morgan fingerprint density at radius 3 is 1.49 bits per heavy atom. The summed E-state index contributed by atoms with van der Waals surface area (Å²) in [7, 11) is 0. The van der Waals surface area contributed by atoms with Crippen molar-refractivity contribution in [2.75, 3.05) is 16.8 Å². The van der Waals surface area contributed by atoms with Gasteiger partial charge in [-0.3, -0.25) is 14.9 Å². The second-order valence-electron chi connectivity index (χ2n) is 11.6. The zero-order valence-electron chi connectivity index (χ0n) is 25.9. The van der Waals surface area contributed by atoms with E-state index in [1.54, 1.807) is 9.36 Å². The van der Waals surface area contributed by atoms with E-state index >= 15 is 4.79 Å². The van der Waals surface area contributed by atoms with Crippen LogP contribution in [0.2, 0.25) is 0 Å². The first-order valence-electron chi connectivity index (χ1n) is 15.5. The number of amides is 1. The number of nitro groups is 1. The molecule has 0 aliphatic carbocycles. The van der Waals surface area contributed by atoms with Crippen molar-refractivity contribution >= 4 is 28.9 Å². The zero-order chi connectivity index (χ0) is 33.7. The van der Waals surface area contributed by atoms with Gasteiger partial charge in [-0.2, -0.15) is 10.2 Å². The summed E-state index contributed by atoms with van der Waals surface area (Å²) in [5.41, 5.74) is 17.1. The number of para-hydroxylation sites is 2. The van der Waals surface area contributed by atoms with Gasteiger partial charge in [0.15, 0.2) is 0 Å². The fraction of sp³-hybridized carbons (Fsp3) is 0.0263. The molecule has 0 atom stereocenters. The number of nitrogens with zero attached hydrogens (tertiary/aromatic N) is 5. The van der Waals surface area contributed by atoms with Gasteiger partial charge >= 0.3 is 0 Å². The standard InChI is InChI=1S/C38H28N8O3/c39-35-31(33(24-13-5-1-6-14-24)42-44(35)26-17-9-3-10-18-26)38(29-23-28(46(48)49)21-22-30(29)41-37(38)47)32-34(25-15-7-2-8-16-25)43-45(36(32)40)27-19-11-4-12-20-27/h1-23H,39-40H2,(H,41,47). The van der Waals surface area contributed by atoms with Gasteiger partial charge in [-0.15, -0.1) is 0 Å². The summed E-state index contributed by atoms with van der Waals surface area (Å²) < 4.78 is 3.17. The lowest BCUT2D eigenvalue weighted by Gasteiger charge is -2.29. The third-order valence-corrected chi connectivity index (χ3v) is 8.90. The van der Waals surface area contributed by atoms with Crippen LogP contribution in [0.1, 0.15) is 16.7 Å². The molecular weight excluding hydrogens is 616 g/mol. The molecule has 7 aromatic rings. The number of rotatable bonds is 7. The summed E-state index contributed by atoms with van der Waals surface area (Å²) in [5, 5.41) is 25.4. The average molecular weight is 645 g/mol. The van der Waals surface area contributed by atoms with Crippen molar-refractivity contribution in [2.45, 2.75) is 5.41 Å². The highest BCUT2D eigenvalue weighted by Crippen LogP contribution is 2.56. The fourth-order valence-corrected chi connectivity index (χ4v) is 6.75. The van der Waals surface area contributed by atoms with Gasteiger partial charge in [0.25, 0.3) is 5.69 Å². The zero-order valence-corrected chi connectivity index (χ0v) is 25.9. The van der Waals surface area contributed by atoms with Crippen LogP contribution in [0.5, 0.6) is 0 Å². The molecule has 8 rings (SSSR count). The van der Waals surface area contributed by atoms with Crippen LogP contribution in [0, 0.1) is 10.1 Å². The van der Waals surface area contributed by atoms with Gasteiger partial charge in [-0.25, -0.2) is 9.36 Å². The van der Waals surface area contributed by atoms with Crippen molar-refractivity contribution in [3.05, 3.63) is 166 Å². The summed E-state index contributed by atoms with van der Waals surface area (Å²) >= 11 is 0. The lowest BCUT2D eigenvalue weighted by Crippen LogP contribution is -2.39. The molecule has 5 N–H and O–H groups in total. The molecule has 0 saturated carbocycles. The van der Waals surface area contributed by atoms with Gasteiger partial charge < -0.3 is 16.8 Å². The minimum atomic E-state index is -1.86. The molecule has 3 heterocycles. The number of hydrogen-bond acceptors (Lipinski definition) is 7. The third kappa shape index (κ3) is 4.48. The second-order valence-corrected chi connectivity index (χ2v) is 11.6. The monoisotopic (exact) mass is 644 g/mol. The Hall–Kier alpha value is -7.01. The van der Waals surface area contributed by atoms with Crippen LogP contribution >= 0.6 is 0 Å². The van der Waals surface area contributed by atoms with Crippen molar-refractivity contribution in [3.8, 4) is 33.9 Å². The molecule has 1 aliphatic heterocycles.